The fourth-order valence-corrected chi connectivity index (χ4v) is 3.05. The van der Waals surface area contributed by atoms with Crippen LogP contribution in [0, 0.1) is 0 Å². The first-order valence-electron chi connectivity index (χ1n) is 7.84. The fourth-order valence-electron chi connectivity index (χ4n) is 3.05. The molecule has 0 radical (unpaired) electrons. The molecule has 3 aromatic rings. The van der Waals surface area contributed by atoms with Crippen molar-refractivity contribution in [1.82, 2.24) is 9.47 Å². The Morgan fingerprint density at radius 3 is 2.54 bits per heavy atom. The summed E-state index contributed by atoms with van der Waals surface area (Å²) in [6.07, 6.45) is 1.26. The number of fused-ring (bicyclic) bond motifs is 1. The van der Waals surface area contributed by atoms with E-state index in [0.29, 0.717) is 18.7 Å². The van der Waals surface area contributed by atoms with Crippen LogP contribution in [0.4, 0.5) is 4.79 Å². The predicted octanol–water partition coefficient (Wildman–Crippen LogP) is 3.28. The molecule has 24 heavy (non-hydrogen) atoms. The van der Waals surface area contributed by atoms with Crippen LogP contribution in [-0.4, -0.2) is 34.6 Å². The highest BCUT2D eigenvalue weighted by Gasteiger charge is 2.31. The van der Waals surface area contributed by atoms with Gasteiger partial charge >= 0.3 is 6.09 Å². The molecular weight excluding hydrogens is 304 g/mol. The molecule has 0 bridgehead atoms. The van der Waals surface area contributed by atoms with E-state index in [2.05, 4.69) is 0 Å². The third-order valence-electron chi connectivity index (χ3n) is 4.22. The zero-order valence-corrected chi connectivity index (χ0v) is 13.0. The number of amides is 2. The summed E-state index contributed by atoms with van der Waals surface area (Å²) >= 11 is 0. The maximum Gasteiger partial charge on any atom is 0.416 e. The molecule has 0 atom stereocenters. The lowest BCUT2D eigenvalue weighted by Gasteiger charge is -2.09. The van der Waals surface area contributed by atoms with Gasteiger partial charge in [-0.3, -0.25) is 4.79 Å². The average molecular weight is 320 g/mol. The highest BCUT2D eigenvalue weighted by molar-refractivity contribution is 6.11. The van der Waals surface area contributed by atoms with Gasteiger partial charge in [-0.05, 0) is 11.6 Å². The largest absolute Gasteiger partial charge is 0.447 e. The molecule has 1 aromatic heterocycles. The maximum absolute atomic E-state index is 12.7. The van der Waals surface area contributed by atoms with E-state index in [1.165, 1.54) is 0 Å². The maximum atomic E-state index is 12.7. The molecule has 1 saturated heterocycles. The minimum atomic E-state index is -0.570. The molecule has 120 valence electrons. The lowest BCUT2D eigenvalue weighted by Crippen LogP contribution is -2.31. The Kier molecular flexibility index (Phi) is 3.54. The summed E-state index contributed by atoms with van der Waals surface area (Å²) in [5, 5.41) is 0.845. The van der Waals surface area contributed by atoms with Gasteiger partial charge in [0.15, 0.2) is 0 Å². The zero-order chi connectivity index (χ0) is 16.5. The van der Waals surface area contributed by atoms with E-state index in [4.69, 9.17) is 4.74 Å². The van der Waals surface area contributed by atoms with Gasteiger partial charge in [-0.15, -0.1) is 0 Å². The van der Waals surface area contributed by atoms with Gasteiger partial charge in [-0.2, -0.15) is 0 Å². The second kappa shape index (κ2) is 5.85. The number of ether oxygens (including phenoxy) is 1. The van der Waals surface area contributed by atoms with Gasteiger partial charge in [0.1, 0.15) is 6.61 Å². The number of carbonyl (C=O) groups excluding carboxylic acids is 2. The van der Waals surface area contributed by atoms with E-state index >= 15 is 0 Å². The van der Waals surface area contributed by atoms with E-state index in [1.807, 2.05) is 65.4 Å². The summed E-state index contributed by atoms with van der Waals surface area (Å²) in [4.78, 5) is 25.6. The van der Waals surface area contributed by atoms with Crippen molar-refractivity contribution in [2.75, 3.05) is 13.2 Å². The number of para-hydroxylation sites is 1. The molecule has 2 amide bonds. The first kappa shape index (κ1) is 14.5. The van der Waals surface area contributed by atoms with Gasteiger partial charge < -0.3 is 9.30 Å². The van der Waals surface area contributed by atoms with Gasteiger partial charge in [-0.25, -0.2) is 9.69 Å². The Bertz CT molecular complexity index is 915. The predicted molar refractivity (Wildman–Crippen MR) is 89.9 cm³/mol. The molecule has 5 nitrogen and oxygen atoms in total. The van der Waals surface area contributed by atoms with Crippen LogP contribution in [0.15, 0.2) is 60.8 Å². The van der Waals surface area contributed by atoms with Gasteiger partial charge in [0.2, 0.25) is 0 Å². The number of benzene rings is 2. The molecule has 0 N–H and O–H groups in total. The normalized spacial score (nSPS) is 14.2. The number of nitrogens with zero attached hydrogens (tertiary/aromatic N) is 2. The summed E-state index contributed by atoms with van der Waals surface area (Å²) in [5.74, 6) is -0.305. The highest BCUT2D eigenvalue weighted by atomic mass is 16.6. The molecule has 1 fully saturated rings. The summed E-state index contributed by atoms with van der Waals surface area (Å²) in [5.41, 5.74) is 2.65. The Morgan fingerprint density at radius 1 is 1.04 bits per heavy atom. The van der Waals surface area contributed by atoms with Crippen molar-refractivity contribution >= 4 is 22.9 Å². The van der Waals surface area contributed by atoms with Gasteiger partial charge in [0, 0.05) is 23.6 Å². The number of cyclic esters (lactones) is 1. The summed E-state index contributed by atoms with van der Waals surface area (Å²) < 4.78 is 6.92. The van der Waals surface area contributed by atoms with Crippen molar-refractivity contribution in [2.24, 2.45) is 0 Å². The summed E-state index contributed by atoms with van der Waals surface area (Å²) in [6, 6.07) is 17.8. The van der Waals surface area contributed by atoms with Gasteiger partial charge in [0.25, 0.3) is 5.91 Å². The van der Waals surface area contributed by atoms with Crippen LogP contribution in [0.25, 0.3) is 10.9 Å². The van der Waals surface area contributed by atoms with E-state index < -0.39 is 6.09 Å². The van der Waals surface area contributed by atoms with E-state index in [-0.39, 0.29) is 12.5 Å². The Hall–Kier alpha value is -3.08. The van der Waals surface area contributed by atoms with Crippen molar-refractivity contribution in [3.8, 4) is 0 Å². The third-order valence-corrected chi connectivity index (χ3v) is 4.22. The molecule has 4 rings (SSSR count). The smallest absolute Gasteiger partial charge is 0.416 e. The average Bonchev–Trinajstić information content (AvgIpc) is 3.20. The van der Waals surface area contributed by atoms with Gasteiger partial charge in [0.05, 0.1) is 12.1 Å². The minimum absolute atomic E-state index is 0.257. The van der Waals surface area contributed by atoms with Crippen molar-refractivity contribution in [3.63, 3.8) is 0 Å². The topological polar surface area (TPSA) is 51.5 Å². The SMILES string of the molecule is O=C1OCCN1C(=O)c1cn(Cc2ccccc2)c2ccccc12. The van der Waals surface area contributed by atoms with Gasteiger partial charge in [-0.1, -0.05) is 48.5 Å². The number of hydrogen-bond donors (Lipinski definition) is 0. The third kappa shape index (κ3) is 2.44. The molecule has 1 aliphatic heterocycles. The number of carbonyl (C=O) groups is 2. The standard InChI is InChI=1S/C19H16N2O3/c22-18(21-10-11-24-19(21)23)16-13-20(12-14-6-2-1-3-7-14)17-9-5-4-8-15(16)17/h1-9,13H,10-12H2. The quantitative estimate of drug-likeness (QED) is 0.744. The number of hydrogen-bond acceptors (Lipinski definition) is 3. The fraction of sp³-hybridized carbons (Fsp3) is 0.158. The Morgan fingerprint density at radius 2 is 1.79 bits per heavy atom. The number of aromatic nitrogens is 1. The van der Waals surface area contributed by atoms with Crippen LogP contribution in [0.2, 0.25) is 0 Å². The van der Waals surface area contributed by atoms with Crippen molar-refractivity contribution in [2.45, 2.75) is 6.54 Å². The second-order valence-electron chi connectivity index (χ2n) is 5.74. The monoisotopic (exact) mass is 320 g/mol. The summed E-state index contributed by atoms with van der Waals surface area (Å²) in [6.45, 7) is 1.22. The molecule has 1 aliphatic rings. The number of imide groups is 1. The van der Waals surface area contributed by atoms with Crippen LogP contribution in [0.3, 0.4) is 0 Å². The minimum Gasteiger partial charge on any atom is -0.447 e. The Labute approximate surface area is 139 Å². The molecule has 2 heterocycles. The first-order valence-corrected chi connectivity index (χ1v) is 7.84. The van der Waals surface area contributed by atoms with Crippen LogP contribution in [-0.2, 0) is 11.3 Å². The van der Waals surface area contributed by atoms with Crippen molar-refractivity contribution in [3.05, 3.63) is 71.9 Å². The molecule has 2 aromatic carbocycles. The molecular formula is C19H16N2O3. The highest BCUT2D eigenvalue weighted by Crippen LogP contribution is 2.24. The van der Waals surface area contributed by atoms with E-state index in [9.17, 15) is 9.59 Å². The molecule has 0 spiro atoms. The van der Waals surface area contributed by atoms with Crippen molar-refractivity contribution in [1.29, 1.82) is 0 Å². The molecule has 0 aliphatic carbocycles. The zero-order valence-electron chi connectivity index (χ0n) is 13.0. The van der Waals surface area contributed by atoms with Crippen LogP contribution >= 0.6 is 0 Å². The van der Waals surface area contributed by atoms with Crippen LogP contribution in [0.1, 0.15) is 15.9 Å². The first-order chi connectivity index (χ1) is 11.7. The lowest BCUT2D eigenvalue weighted by molar-refractivity contribution is 0.0811. The molecule has 5 heteroatoms. The lowest BCUT2D eigenvalue weighted by atomic mass is 10.1. The van der Waals surface area contributed by atoms with Crippen LogP contribution < -0.4 is 0 Å². The second-order valence-corrected chi connectivity index (χ2v) is 5.74. The Balaban J connectivity index is 1.76. The van der Waals surface area contributed by atoms with E-state index in [1.54, 1.807) is 0 Å². The van der Waals surface area contributed by atoms with Crippen LogP contribution in [0.5, 0.6) is 0 Å². The van der Waals surface area contributed by atoms with Crippen molar-refractivity contribution < 1.29 is 14.3 Å². The molecule has 0 unspecified atom stereocenters. The number of rotatable bonds is 3. The summed E-state index contributed by atoms with van der Waals surface area (Å²) in [7, 11) is 0. The molecule has 0 saturated carbocycles. The van der Waals surface area contributed by atoms with E-state index in [0.717, 1.165) is 21.4 Å².